The maximum absolute atomic E-state index is 4.88. The molecule has 6 heterocycles. The van der Waals surface area contributed by atoms with Gasteiger partial charge in [-0.1, -0.05) is 20.8 Å². The summed E-state index contributed by atoms with van der Waals surface area (Å²) < 4.78 is 0. The molecule has 0 aliphatic carbocycles. The summed E-state index contributed by atoms with van der Waals surface area (Å²) >= 11 is 0. The van der Waals surface area contributed by atoms with Crippen LogP contribution in [0.1, 0.15) is 71.2 Å². The fraction of sp³-hybridized carbons (Fsp3) is 0.286. The second-order valence-electron chi connectivity index (χ2n) is 13.1. The highest BCUT2D eigenvalue weighted by molar-refractivity contribution is 5.86. The van der Waals surface area contributed by atoms with E-state index >= 15 is 0 Å². The number of fused-ring (bicyclic) bond motifs is 3. The van der Waals surface area contributed by atoms with Gasteiger partial charge in [0.05, 0.1) is 0 Å². The number of hydrogen-bond donors (Lipinski definition) is 3. The van der Waals surface area contributed by atoms with Crippen molar-refractivity contribution in [2.24, 2.45) is 0 Å². The quantitative estimate of drug-likeness (QED) is 0.111. The third kappa shape index (κ3) is 8.92. The fourth-order valence-electron chi connectivity index (χ4n) is 7.13. The minimum Gasteiger partial charge on any atom is -0.366 e. The van der Waals surface area contributed by atoms with Crippen molar-refractivity contribution in [1.29, 1.82) is 0 Å². The zero-order valence-corrected chi connectivity index (χ0v) is 34.0. The zero-order chi connectivity index (χ0) is 35.5. The third-order valence-electron chi connectivity index (χ3n) is 9.66. The van der Waals surface area contributed by atoms with Gasteiger partial charge in [-0.25, -0.2) is 29.9 Å². The molecule has 7 rings (SSSR count). The van der Waals surface area contributed by atoms with Crippen molar-refractivity contribution >= 4 is 87.8 Å². The first-order chi connectivity index (χ1) is 24.8. The molecular weight excluding hydrogens is 737 g/mol. The average molecular weight is 785 g/mol. The molecule has 0 atom stereocenters. The van der Waals surface area contributed by atoms with Crippen LogP contribution in [0.2, 0.25) is 0 Å². The van der Waals surface area contributed by atoms with Crippen molar-refractivity contribution in [2.45, 2.75) is 80.4 Å². The first kappa shape index (κ1) is 41.9. The summed E-state index contributed by atoms with van der Waals surface area (Å²) in [5.74, 6) is 2.44. The highest BCUT2D eigenvalue weighted by Crippen LogP contribution is 2.33. The molecule has 0 spiro atoms. The SMILES string of the molecule is CCc1c(CNc2ccc3ccc(C)nc3n2)c(CC)c(CNc2ccc3ccc(C)nc3n2)c(CC)c1CNc1ccc2ccc(C)nc2n1.Cl.Cl.Cl. The predicted octanol–water partition coefficient (Wildman–Crippen LogP) is 10.2. The minimum atomic E-state index is 0. The Morgan fingerprint density at radius 3 is 0.870 bits per heavy atom. The maximum atomic E-state index is 4.88. The molecule has 0 amide bonds. The molecule has 0 radical (unpaired) electrons. The number of aryl methyl sites for hydroxylation is 3. The Morgan fingerprint density at radius 1 is 0.352 bits per heavy atom. The van der Waals surface area contributed by atoms with Crippen molar-refractivity contribution in [3.8, 4) is 0 Å². The van der Waals surface area contributed by atoms with E-state index in [-0.39, 0.29) is 37.2 Å². The molecule has 54 heavy (non-hydrogen) atoms. The van der Waals surface area contributed by atoms with Crippen LogP contribution in [-0.4, -0.2) is 29.9 Å². The van der Waals surface area contributed by atoms with E-state index in [1.54, 1.807) is 0 Å². The molecule has 3 N–H and O–H groups in total. The van der Waals surface area contributed by atoms with E-state index in [4.69, 9.17) is 15.0 Å². The molecule has 0 bridgehead atoms. The van der Waals surface area contributed by atoms with Gasteiger partial charge in [0.25, 0.3) is 0 Å². The molecule has 7 aromatic rings. The molecule has 0 aliphatic rings. The van der Waals surface area contributed by atoms with Crippen molar-refractivity contribution in [1.82, 2.24) is 29.9 Å². The number of benzene rings is 1. The normalized spacial score (nSPS) is 10.8. The standard InChI is InChI=1S/C42H45N9.3ClH/c1-7-31-34(22-43-37-19-16-28-13-10-25(4)46-40(28)49-37)32(8-2)36(24-45-39-21-18-30-15-12-27(6)48-42(30)51-39)33(9-3)35(31)23-44-38-20-17-29-14-11-26(5)47-41(29)50-38;;;/h10-21H,7-9,22-24H2,1-6H3,(H,43,46,49)(H,44,47,50)(H,45,48,51);3*1H. The van der Waals surface area contributed by atoms with E-state index in [1.165, 1.54) is 33.4 Å². The monoisotopic (exact) mass is 783 g/mol. The van der Waals surface area contributed by atoms with Crippen molar-refractivity contribution in [2.75, 3.05) is 16.0 Å². The van der Waals surface area contributed by atoms with Crippen molar-refractivity contribution in [3.63, 3.8) is 0 Å². The minimum absolute atomic E-state index is 0. The molecule has 0 unspecified atom stereocenters. The highest BCUT2D eigenvalue weighted by Gasteiger charge is 2.22. The zero-order valence-electron chi connectivity index (χ0n) is 31.6. The van der Waals surface area contributed by atoms with E-state index in [9.17, 15) is 0 Å². The second kappa shape index (κ2) is 18.5. The summed E-state index contributed by atoms with van der Waals surface area (Å²) in [4.78, 5) is 28.7. The van der Waals surface area contributed by atoms with Crippen LogP contribution in [0, 0.1) is 20.8 Å². The molecule has 0 fully saturated rings. The van der Waals surface area contributed by atoms with Crippen LogP contribution >= 0.6 is 37.2 Å². The van der Waals surface area contributed by atoms with Crippen LogP contribution in [0.5, 0.6) is 0 Å². The summed E-state index contributed by atoms with van der Waals surface area (Å²) in [5, 5.41) is 14.1. The average Bonchev–Trinajstić information content (AvgIpc) is 3.14. The van der Waals surface area contributed by atoms with Crippen LogP contribution < -0.4 is 16.0 Å². The lowest BCUT2D eigenvalue weighted by Gasteiger charge is -2.27. The van der Waals surface area contributed by atoms with E-state index in [0.29, 0.717) is 19.6 Å². The summed E-state index contributed by atoms with van der Waals surface area (Å²) in [6.07, 6.45) is 2.70. The fourth-order valence-corrected chi connectivity index (χ4v) is 7.13. The number of pyridine rings is 6. The summed E-state index contributed by atoms with van der Waals surface area (Å²) in [6, 6.07) is 24.7. The van der Waals surface area contributed by atoms with E-state index in [2.05, 4.69) is 88.1 Å². The molecule has 282 valence electrons. The van der Waals surface area contributed by atoms with Gasteiger partial charge in [0, 0.05) is 52.9 Å². The molecule has 0 saturated carbocycles. The number of halogens is 3. The lowest BCUT2D eigenvalue weighted by molar-refractivity contribution is 0.880. The number of hydrogen-bond acceptors (Lipinski definition) is 9. The number of anilines is 3. The molecular formula is C42H48Cl3N9. The van der Waals surface area contributed by atoms with Crippen molar-refractivity contribution in [3.05, 3.63) is 123 Å². The first-order valence-corrected chi connectivity index (χ1v) is 18.0. The summed E-state index contributed by atoms with van der Waals surface area (Å²) in [6.45, 7) is 14.7. The predicted molar refractivity (Wildman–Crippen MR) is 231 cm³/mol. The highest BCUT2D eigenvalue weighted by atomic mass is 35.5. The lowest BCUT2D eigenvalue weighted by Crippen LogP contribution is -2.19. The van der Waals surface area contributed by atoms with Crippen LogP contribution in [0.3, 0.4) is 0 Å². The molecule has 12 heteroatoms. The number of nitrogens with zero attached hydrogens (tertiary/aromatic N) is 6. The number of nitrogens with one attached hydrogen (secondary N) is 3. The van der Waals surface area contributed by atoms with E-state index in [0.717, 1.165) is 86.9 Å². The maximum Gasteiger partial charge on any atom is 0.161 e. The Balaban J connectivity index is 0.00000217. The van der Waals surface area contributed by atoms with Gasteiger partial charge in [0.15, 0.2) is 16.9 Å². The smallest absolute Gasteiger partial charge is 0.161 e. The Morgan fingerprint density at radius 2 is 0.611 bits per heavy atom. The van der Waals surface area contributed by atoms with Gasteiger partial charge < -0.3 is 16.0 Å². The van der Waals surface area contributed by atoms with Gasteiger partial charge >= 0.3 is 0 Å². The Kier molecular flexibility index (Phi) is 14.3. The lowest BCUT2D eigenvalue weighted by atomic mass is 9.83. The Bertz CT molecular complexity index is 2120. The van der Waals surface area contributed by atoms with Crippen LogP contribution in [0.15, 0.2) is 72.8 Å². The summed E-state index contributed by atoms with van der Waals surface area (Å²) in [5.41, 5.74) is 13.2. The van der Waals surface area contributed by atoms with E-state index in [1.807, 2.05) is 57.2 Å². The molecule has 0 saturated heterocycles. The second-order valence-corrected chi connectivity index (χ2v) is 13.1. The first-order valence-electron chi connectivity index (χ1n) is 18.0. The summed E-state index contributed by atoms with van der Waals surface area (Å²) in [7, 11) is 0. The number of rotatable bonds is 12. The van der Waals surface area contributed by atoms with E-state index < -0.39 is 0 Å². The van der Waals surface area contributed by atoms with Crippen LogP contribution in [0.4, 0.5) is 17.5 Å². The van der Waals surface area contributed by atoms with Gasteiger partial charge in [-0.2, -0.15) is 0 Å². The largest absolute Gasteiger partial charge is 0.366 e. The van der Waals surface area contributed by atoms with Gasteiger partial charge in [-0.05, 0) is 146 Å². The third-order valence-corrected chi connectivity index (χ3v) is 9.66. The van der Waals surface area contributed by atoms with Gasteiger partial charge in [-0.3, -0.25) is 0 Å². The Labute approximate surface area is 335 Å². The number of aromatic nitrogens is 6. The molecule has 6 aromatic heterocycles. The van der Waals surface area contributed by atoms with Gasteiger partial charge in [0.2, 0.25) is 0 Å². The molecule has 9 nitrogen and oxygen atoms in total. The van der Waals surface area contributed by atoms with Crippen molar-refractivity contribution < 1.29 is 0 Å². The van der Waals surface area contributed by atoms with Crippen LogP contribution in [-0.2, 0) is 38.9 Å². The molecule has 1 aromatic carbocycles. The van der Waals surface area contributed by atoms with Gasteiger partial charge in [0.1, 0.15) is 17.5 Å². The molecule has 0 aliphatic heterocycles. The topological polar surface area (TPSA) is 113 Å². The van der Waals surface area contributed by atoms with Crippen LogP contribution in [0.25, 0.3) is 33.1 Å². The van der Waals surface area contributed by atoms with Gasteiger partial charge in [-0.15, -0.1) is 37.2 Å². The Hall–Kier alpha value is -4.83.